The molecule has 6 nitrogen and oxygen atoms in total. The topological polar surface area (TPSA) is 54.7 Å². The van der Waals surface area contributed by atoms with E-state index in [9.17, 15) is 0 Å². The summed E-state index contributed by atoms with van der Waals surface area (Å²) in [6, 6.07) is 10.0. The quantitative estimate of drug-likeness (QED) is 0.557. The van der Waals surface area contributed by atoms with E-state index in [0.29, 0.717) is 5.02 Å². The molecule has 0 unspecified atom stereocenters. The Bertz CT molecular complexity index is 1050. The number of aryl methyl sites for hydroxylation is 1. The third-order valence-corrected chi connectivity index (χ3v) is 6.07. The summed E-state index contributed by atoms with van der Waals surface area (Å²) in [4.78, 5) is 7.49. The highest BCUT2D eigenvalue weighted by atomic mass is 35.5. The van der Waals surface area contributed by atoms with Gasteiger partial charge in [-0.15, -0.1) is 0 Å². The van der Waals surface area contributed by atoms with Gasteiger partial charge in [-0.3, -0.25) is 4.90 Å². The lowest BCUT2D eigenvalue weighted by Gasteiger charge is -2.26. The lowest BCUT2D eigenvalue weighted by Crippen LogP contribution is -2.37. The summed E-state index contributed by atoms with van der Waals surface area (Å²) in [5.41, 5.74) is 4.67. The van der Waals surface area contributed by atoms with E-state index in [-0.39, 0.29) is 5.41 Å². The molecular weight excluding hydrogens is 410 g/mol. The predicted octanol–water partition coefficient (Wildman–Crippen LogP) is 4.79. The number of nitrogens with one attached hydrogen (secondary N) is 1. The summed E-state index contributed by atoms with van der Waals surface area (Å²) in [7, 11) is 0. The van der Waals surface area contributed by atoms with E-state index in [0.717, 1.165) is 79.8 Å². The minimum absolute atomic E-state index is 0.0814. The third kappa shape index (κ3) is 4.86. The zero-order valence-electron chi connectivity index (χ0n) is 18.9. The number of hydrogen-bond donors (Lipinski definition) is 1. The summed E-state index contributed by atoms with van der Waals surface area (Å²) in [5.74, 6) is 0.971. The molecule has 0 spiro atoms. The number of aromatic nitrogens is 3. The van der Waals surface area contributed by atoms with E-state index in [1.807, 2.05) is 35.7 Å². The zero-order chi connectivity index (χ0) is 22.0. The summed E-state index contributed by atoms with van der Waals surface area (Å²) >= 11 is 6.54. The molecule has 3 heterocycles. The van der Waals surface area contributed by atoms with Crippen LogP contribution in [0.1, 0.15) is 38.6 Å². The number of halogens is 1. The Labute approximate surface area is 189 Å². The molecule has 4 rings (SSSR count). The Hall–Kier alpha value is -2.15. The fraction of sp³-hybridized carbons (Fsp3) is 0.500. The number of nitrogens with zero attached hydrogens (tertiary/aromatic N) is 4. The van der Waals surface area contributed by atoms with Crippen LogP contribution in [0.5, 0.6) is 0 Å². The van der Waals surface area contributed by atoms with Gasteiger partial charge in [-0.25, -0.2) is 4.98 Å². The van der Waals surface area contributed by atoms with E-state index >= 15 is 0 Å². The van der Waals surface area contributed by atoms with Crippen LogP contribution in [0.3, 0.4) is 0 Å². The smallest absolute Gasteiger partial charge is 0.165 e. The van der Waals surface area contributed by atoms with E-state index in [4.69, 9.17) is 26.4 Å². The van der Waals surface area contributed by atoms with Gasteiger partial charge in [0.15, 0.2) is 5.65 Å². The second-order valence-electron chi connectivity index (χ2n) is 9.19. The van der Waals surface area contributed by atoms with Gasteiger partial charge in [0.05, 0.1) is 30.2 Å². The van der Waals surface area contributed by atoms with Crippen molar-refractivity contribution < 1.29 is 4.74 Å². The van der Waals surface area contributed by atoms with Crippen molar-refractivity contribution in [2.75, 3.05) is 44.7 Å². The molecule has 0 radical (unpaired) electrons. The average molecular weight is 442 g/mol. The Morgan fingerprint density at radius 2 is 1.90 bits per heavy atom. The molecule has 1 N–H and O–H groups in total. The van der Waals surface area contributed by atoms with Gasteiger partial charge in [-0.05, 0) is 26.0 Å². The number of anilines is 1. The van der Waals surface area contributed by atoms with Crippen LogP contribution in [0, 0.1) is 6.92 Å². The van der Waals surface area contributed by atoms with Gasteiger partial charge in [0, 0.05) is 41.7 Å². The maximum atomic E-state index is 6.54. The fourth-order valence-electron chi connectivity index (χ4n) is 3.96. The van der Waals surface area contributed by atoms with Crippen molar-refractivity contribution in [1.82, 2.24) is 19.5 Å². The Balaban J connectivity index is 1.66. The molecule has 1 aliphatic rings. The molecule has 0 bridgehead atoms. The molecular formula is C24H32ClN5O. The van der Waals surface area contributed by atoms with Gasteiger partial charge >= 0.3 is 0 Å². The van der Waals surface area contributed by atoms with Gasteiger partial charge in [0.2, 0.25) is 0 Å². The molecule has 1 fully saturated rings. The molecule has 0 atom stereocenters. The Kier molecular flexibility index (Phi) is 6.51. The van der Waals surface area contributed by atoms with Crippen LogP contribution >= 0.6 is 11.6 Å². The highest BCUT2D eigenvalue weighted by Crippen LogP contribution is 2.35. The first-order chi connectivity index (χ1) is 14.8. The minimum atomic E-state index is -0.0814. The van der Waals surface area contributed by atoms with Crippen molar-refractivity contribution in [2.45, 2.75) is 39.5 Å². The van der Waals surface area contributed by atoms with Gasteiger partial charge in [-0.1, -0.05) is 50.6 Å². The lowest BCUT2D eigenvalue weighted by atomic mass is 9.92. The van der Waals surface area contributed by atoms with Crippen molar-refractivity contribution in [1.29, 1.82) is 0 Å². The predicted molar refractivity (Wildman–Crippen MR) is 127 cm³/mol. The van der Waals surface area contributed by atoms with Crippen LogP contribution in [0.2, 0.25) is 5.02 Å². The fourth-order valence-corrected chi connectivity index (χ4v) is 4.19. The van der Waals surface area contributed by atoms with Crippen LogP contribution < -0.4 is 5.32 Å². The number of hydrogen-bond acceptors (Lipinski definition) is 5. The third-order valence-electron chi connectivity index (χ3n) is 5.74. The molecule has 1 aliphatic heterocycles. The van der Waals surface area contributed by atoms with E-state index in [1.54, 1.807) is 0 Å². The molecule has 2 aromatic heterocycles. The van der Waals surface area contributed by atoms with Crippen molar-refractivity contribution >= 4 is 23.1 Å². The van der Waals surface area contributed by atoms with Gasteiger partial charge in [0.25, 0.3) is 0 Å². The molecule has 0 amide bonds. The number of rotatable bonds is 6. The lowest BCUT2D eigenvalue weighted by molar-refractivity contribution is 0.0378. The average Bonchev–Trinajstić information content (AvgIpc) is 3.07. The van der Waals surface area contributed by atoms with Crippen LogP contribution in [0.15, 0.2) is 30.3 Å². The summed E-state index contributed by atoms with van der Waals surface area (Å²) < 4.78 is 7.37. The van der Waals surface area contributed by atoms with Crippen molar-refractivity contribution in [3.63, 3.8) is 0 Å². The molecule has 0 aliphatic carbocycles. The maximum Gasteiger partial charge on any atom is 0.165 e. The molecule has 3 aromatic rings. The first-order valence-electron chi connectivity index (χ1n) is 11.0. The Morgan fingerprint density at radius 3 is 2.61 bits per heavy atom. The molecule has 7 heteroatoms. The monoisotopic (exact) mass is 441 g/mol. The van der Waals surface area contributed by atoms with Crippen LogP contribution in [0.4, 0.5) is 5.82 Å². The second kappa shape index (κ2) is 9.15. The van der Waals surface area contributed by atoms with Gasteiger partial charge in [-0.2, -0.15) is 9.61 Å². The number of fused-ring (bicyclic) bond motifs is 1. The van der Waals surface area contributed by atoms with E-state index in [1.165, 1.54) is 0 Å². The molecule has 31 heavy (non-hydrogen) atoms. The van der Waals surface area contributed by atoms with Crippen LogP contribution in [0.25, 0.3) is 16.8 Å². The van der Waals surface area contributed by atoms with Crippen LogP contribution in [-0.2, 0) is 10.2 Å². The van der Waals surface area contributed by atoms with E-state index in [2.05, 4.69) is 37.1 Å². The van der Waals surface area contributed by atoms with Crippen molar-refractivity contribution in [3.8, 4) is 11.1 Å². The number of morpholine rings is 1. The van der Waals surface area contributed by atoms with E-state index < -0.39 is 0 Å². The minimum Gasteiger partial charge on any atom is -0.379 e. The summed E-state index contributed by atoms with van der Waals surface area (Å²) in [6.07, 6.45) is 1.06. The van der Waals surface area contributed by atoms with Crippen LogP contribution in [-0.4, -0.2) is 58.9 Å². The molecule has 166 valence electrons. The van der Waals surface area contributed by atoms with Crippen molar-refractivity contribution in [2.24, 2.45) is 0 Å². The largest absolute Gasteiger partial charge is 0.379 e. The molecule has 0 saturated carbocycles. The standard InChI is InChI=1S/C24H32ClN5O/c1-17-22(18-8-5-6-9-19(18)25)23-27-20(24(2,3)4)16-21(30(23)28-17)26-10-7-11-29-12-14-31-15-13-29/h5-6,8-9,16,26H,7,10-15H2,1-4H3. The Morgan fingerprint density at radius 1 is 1.16 bits per heavy atom. The SMILES string of the molecule is Cc1nn2c(NCCCN3CCOCC3)cc(C(C)(C)C)nc2c1-c1ccccc1Cl. The highest BCUT2D eigenvalue weighted by Gasteiger charge is 2.23. The van der Waals surface area contributed by atoms with Gasteiger partial charge < -0.3 is 10.1 Å². The molecule has 1 saturated heterocycles. The first kappa shape index (κ1) is 22.1. The first-order valence-corrected chi connectivity index (χ1v) is 11.4. The number of benzene rings is 1. The summed E-state index contributed by atoms with van der Waals surface area (Å²) in [6.45, 7) is 14.2. The van der Waals surface area contributed by atoms with Gasteiger partial charge in [0.1, 0.15) is 5.82 Å². The zero-order valence-corrected chi connectivity index (χ0v) is 19.7. The second-order valence-corrected chi connectivity index (χ2v) is 9.59. The maximum absolute atomic E-state index is 6.54. The summed E-state index contributed by atoms with van der Waals surface area (Å²) in [5, 5.41) is 9.16. The number of ether oxygens (including phenoxy) is 1. The highest BCUT2D eigenvalue weighted by molar-refractivity contribution is 6.33. The van der Waals surface area contributed by atoms with Crippen molar-refractivity contribution in [3.05, 3.63) is 46.7 Å². The normalized spacial score (nSPS) is 15.5. The molecule has 1 aromatic carbocycles.